The van der Waals surface area contributed by atoms with Crippen LogP contribution in [0, 0.1) is 6.92 Å². The number of nitrogens with one attached hydrogen (secondary N) is 1. The maximum atomic E-state index is 5.83. The van der Waals surface area contributed by atoms with Gasteiger partial charge in [0.25, 0.3) is 0 Å². The summed E-state index contributed by atoms with van der Waals surface area (Å²) >= 11 is 0. The topological polar surface area (TPSA) is 68.9 Å². The van der Waals surface area contributed by atoms with Crippen LogP contribution in [0.4, 0.5) is 5.69 Å². The van der Waals surface area contributed by atoms with Gasteiger partial charge in [-0.15, -0.1) is 24.0 Å². The van der Waals surface area contributed by atoms with E-state index in [-0.39, 0.29) is 24.0 Å². The van der Waals surface area contributed by atoms with Gasteiger partial charge in [-0.1, -0.05) is 17.7 Å². The Morgan fingerprint density at radius 3 is 2.26 bits per heavy atom. The molecular formula is C17H22IN3O2. The molecule has 2 rings (SSSR count). The van der Waals surface area contributed by atoms with Gasteiger partial charge in [0.05, 0.1) is 13.7 Å². The SMILES string of the molecule is COc1ccc(OCCN=C(N)Nc2ccc(C)cc2)cc1.I. The minimum Gasteiger partial charge on any atom is -0.497 e. The summed E-state index contributed by atoms with van der Waals surface area (Å²) in [7, 11) is 1.63. The van der Waals surface area contributed by atoms with Gasteiger partial charge in [0.15, 0.2) is 5.96 Å². The molecule has 0 saturated heterocycles. The molecule has 0 amide bonds. The molecule has 124 valence electrons. The number of halogens is 1. The molecule has 6 heteroatoms. The van der Waals surface area contributed by atoms with Crippen LogP contribution < -0.4 is 20.5 Å². The van der Waals surface area contributed by atoms with Crippen LogP contribution in [0.3, 0.4) is 0 Å². The maximum Gasteiger partial charge on any atom is 0.193 e. The molecule has 0 aliphatic carbocycles. The summed E-state index contributed by atoms with van der Waals surface area (Å²) in [6.45, 7) is 2.98. The van der Waals surface area contributed by atoms with E-state index in [0.717, 1.165) is 17.2 Å². The fraction of sp³-hybridized carbons (Fsp3) is 0.235. The van der Waals surface area contributed by atoms with Gasteiger partial charge >= 0.3 is 0 Å². The van der Waals surface area contributed by atoms with Crippen molar-refractivity contribution < 1.29 is 9.47 Å². The summed E-state index contributed by atoms with van der Waals surface area (Å²) in [4.78, 5) is 4.22. The number of hydrogen-bond acceptors (Lipinski definition) is 3. The van der Waals surface area contributed by atoms with E-state index >= 15 is 0 Å². The lowest BCUT2D eigenvalue weighted by Crippen LogP contribution is -2.23. The summed E-state index contributed by atoms with van der Waals surface area (Å²) in [5, 5.41) is 3.04. The van der Waals surface area contributed by atoms with Gasteiger partial charge in [-0.3, -0.25) is 0 Å². The molecule has 0 radical (unpaired) electrons. The van der Waals surface area contributed by atoms with Crippen molar-refractivity contribution in [2.24, 2.45) is 10.7 Å². The van der Waals surface area contributed by atoms with Gasteiger partial charge < -0.3 is 20.5 Å². The fourth-order valence-electron chi connectivity index (χ4n) is 1.83. The normalized spacial score (nSPS) is 10.6. The maximum absolute atomic E-state index is 5.83. The average molecular weight is 427 g/mol. The van der Waals surface area contributed by atoms with Crippen molar-refractivity contribution in [3.8, 4) is 11.5 Å². The number of rotatable bonds is 6. The Hall–Kier alpha value is -1.96. The zero-order chi connectivity index (χ0) is 15.8. The molecule has 0 bridgehead atoms. The monoisotopic (exact) mass is 427 g/mol. The molecule has 2 aromatic carbocycles. The van der Waals surface area contributed by atoms with Crippen molar-refractivity contribution in [1.29, 1.82) is 0 Å². The number of aryl methyl sites for hydroxylation is 1. The smallest absolute Gasteiger partial charge is 0.193 e. The molecule has 0 aliphatic rings. The van der Waals surface area contributed by atoms with Crippen LogP contribution in [0.15, 0.2) is 53.5 Å². The highest BCUT2D eigenvalue weighted by atomic mass is 127. The van der Waals surface area contributed by atoms with Crippen LogP contribution in [-0.2, 0) is 0 Å². The molecule has 0 saturated carbocycles. The minimum absolute atomic E-state index is 0. The van der Waals surface area contributed by atoms with Crippen molar-refractivity contribution in [1.82, 2.24) is 0 Å². The summed E-state index contributed by atoms with van der Waals surface area (Å²) in [5.41, 5.74) is 7.95. The number of nitrogens with two attached hydrogens (primary N) is 1. The Morgan fingerprint density at radius 2 is 1.65 bits per heavy atom. The second-order valence-electron chi connectivity index (χ2n) is 4.78. The number of methoxy groups -OCH3 is 1. The highest BCUT2D eigenvalue weighted by Gasteiger charge is 1.96. The Bertz CT molecular complexity index is 613. The van der Waals surface area contributed by atoms with Crippen LogP contribution in [0.2, 0.25) is 0 Å². The van der Waals surface area contributed by atoms with Gasteiger partial charge in [0.1, 0.15) is 18.1 Å². The largest absolute Gasteiger partial charge is 0.497 e. The van der Waals surface area contributed by atoms with E-state index in [9.17, 15) is 0 Å². The van der Waals surface area contributed by atoms with Crippen molar-refractivity contribution in [3.05, 3.63) is 54.1 Å². The van der Waals surface area contributed by atoms with E-state index in [0.29, 0.717) is 19.1 Å². The van der Waals surface area contributed by atoms with E-state index in [1.165, 1.54) is 5.56 Å². The first kappa shape index (κ1) is 19.1. The minimum atomic E-state index is 0. The van der Waals surface area contributed by atoms with Crippen molar-refractivity contribution >= 4 is 35.6 Å². The second-order valence-corrected chi connectivity index (χ2v) is 4.78. The molecule has 0 heterocycles. The van der Waals surface area contributed by atoms with E-state index < -0.39 is 0 Å². The highest BCUT2D eigenvalue weighted by Crippen LogP contribution is 2.16. The molecule has 0 spiro atoms. The number of ether oxygens (including phenoxy) is 2. The van der Waals surface area contributed by atoms with Crippen LogP contribution in [0.5, 0.6) is 11.5 Å². The lowest BCUT2D eigenvalue weighted by atomic mass is 10.2. The zero-order valence-corrected chi connectivity index (χ0v) is 15.6. The molecule has 2 aromatic rings. The highest BCUT2D eigenvalue weighted by molar-refractivity contribution is 14.0. The van der Waals surface area contributed by atoms with Crippen LogP contribution in [0.25, 0.3) is 0 Å². The van der Waals surface area contributed by atoms with Crippen LogP contribution in [-0.4, -0.2) is 26.2 Å². The third kappa shape index (κ3) is 6.77. The number of guanidine groups is 1. The standard InChI is InChI=1S/C17H21N3O2.HI/c1-13-3-5-14(6-4-13)20-17(18)19-11-12-22-16-9-7-15(21-2)8-10-16;/h3-10H,11-12H2,1-2H3,(H3,18,19,20);1H. The molecule has 0 atom stereocenters. The van der Waals surface area contributed by atoms with Crippen molar-refractivity contribution in [2.75, 3.05) is 25.6 Å². The van der Waals surface area contributed by atoms with Gasteiger partial charge in [-0.05, 0) is 43.3 Å². The summed E-state index contributed by atoms with van der Waals surface area (Å²) in [5.74, 6) is 1.96. The molecule has 5 nitrogen and oxygen atoms in total. The molecule has 0 aromatic heterocycles. The van der Waals surface area contributed by atoms with Crippen LogP contribution >= 0.6 is 24.0 Å². The Kier molecular flexibility index (Phi) is 8.25. The zero-order valence-electron chi connectivity index (χ0n) is 13.3. The van der Waals surface area contributed by atoms with Gasteiger partial charge in [0, 0.05) is 5.69 Å². The quantitative estimate of drug-likeness (QED) is 0.321. The number of aliphatic imine (C=N–C) groups is 1. The molecule has 0 aliphatic heterocycles. The summed E-state index contributed by atoms with van der Waals surface area (Å²) in [6, 6.07) is 15.4. The second kappa shape index (κ2) is 9.94. The van der Waals surface area contributed by atoms with Crippen LogP contribution in [0.1, 0.15) is 5.56 Å². The average Bonchev–Trinajstić information content (AvgIpc) is 2.54. The van der Waals surface area contributed by atoms with Gasteiger partial charge in [-0.25, -0.2) is 4.99 Å². The predicted octanol–water partition coefficient (Wildman–Crippen LogP) is 3.43. The van der Waals surface area contributed by atoms with Gasteiger partial charge in [-0.2, -0.15) is 0 Å². The van der Waals surface area contributed by atoms with Crippen molar-refractivity contribution in [2.45, 2.75) is 6.92 Å². The van der Waals surface area contributed by atoms with E-state index in [1.54, 1.807) is 7.11 Å². The first-order valence-corrected chi connectivity index (χ1v) is 7.08. The third-order valence-electron chi connectivity index (χ3n) is 3.03. The predicted molar refractivity (Wildman–Crippen MR) is 105 cm³/mol. The first-order valence-electron chi connectivity index (χ1n) is 7.08. The molecule has 0 fully saturated rings. The fourth-order valence-corrected chi connectivity index (χ4v) is 1.83. The number of nitrogens with zero attached hydrogens (tertiary/aromatic N) is 1. The third-order valence-corrected chi connectivity index (χ3v) is 3.03. The first-order chi connectivity index (χ1) is 10.7. The molecule has 3 N–H and O–H groups in total. The summed E-state index contributed by atoms with van der Waals surface area (Å²) < 4.78 is 10.7. The van der Waals surface area contributed by atoms with Crippen molar-refractivity contribution in [3.63, 3.8) is 0 Å². The number of benzene rings is 2. The molecule has 0 unspecified atom stereocenters. The Morgan fingerprint density at radius 1 is 1.04 bits per heavy atom. The van der Waals surface area contributed by atoms with E-state index in [1.807, 2.05) is 55.5 Å². The summed E-state index contributed by atoms with van der Waals surface area (Å²) in [6.07, 6.45) is 0. The van der Waals surface area contributed by atoms with E-state index in [4.69, 9.17) is 15.2 Å². The lowest BCUT2D eigenvalue weighted by Gasteiger charge is -2.07. The Labute approximate surface area is 153 Å². The lowest BCUT2D eigenvalue weighted by molar-refractivity contribution is 0.327. The van der Waals surface area contributed by atoms with E-state index in [2.05, 4.69) is 10.3 Å². The number of hydrogen-bond donors (Lipinski definition) is 2. The van der Waals surface area contributed by atoms with Gasteiger partial charge in [0.2, 0.25) is 0 Å². The number of anilines is 1. The Balaban J connectivity index is 0.00000264. The molecule has 23 heavy (non-hydrogen) atoms. The molecular weight excluding hydrogens is 405 g/mol.